The normalized spacial score (nSPS) is 17.3. The second kappa shape index (κ2) is 12.8. The molecule has 0 unspecified atom stereocenters. The van der Waals surface area contributed by atoms with E-state index < -0.39 is 17.4 Å². The van der Waals surface area contributed by atoms with Crippen molar-refractivity contribution in [3.05, 3.63) is 42.0 Å². The number of rotatable bonds is 10. The van der Waals surface area contributed by atoms with E-state index in [9.17, 15) is 9.59 Å². The molecule has 0 aromatic heterocycles. The Morgan fingerprint density at radius 3 is 2.31 bits per heavy atom. The number of ether oxygens (including phenoxy) is 1. The minimum atomic E-state index is -0.600. The highest BCUT2D eigenvalue weighted by Crippen LogP contribution is 2.28. The van der Waals surface area contributed by atoms with Gasteiger partial charge in [0.05, 0.1) is 11.8 Å². The average molecular weight is 443 g/mol. The van der Waals surface area contributed by atoms with Crippen LogP contribution in [0.3, 0.4) is 0 Å². The molecule has 1 fully saturated rings. The summed E-state index contributed by atoms with van der Waals surface area (Å²) in [6, 6.07) is 10.3. The number of hydrazine groups is 1. The Balaban J connectivity index is 2.16. The molecular formula is C27H42N2O3. The van der Waals surface area contributed by atoms with Gasteiger partial charge in [-0.2, -0.15) is 0 Å². The van der Waals surface area contributed by atoms with Crippen LogP contribution < -0.4 is 10.9 Å². The van der Waals surface area contributed by atoms with Crippen molar-refractivity contribution in [3.63, 3.8) is 0 Å². The van der Waals surface area contributed by atoms with E-state index in [4.69, 9.17) is 4.74 Å². The Morgan fingerprint density at radius 1 is 1.06 bits per heavy atom. The summed E-state index contributed by atoms with van der Waals surface area (Å²) >= 11 is 0. The molecule has 0 aliphatic heterocycles. The first-order valence-corrected chi connectivity index (χ1v) is 12.2. The summed E-state index contributed by atoms with van der Waals surface area (Å²) in [5.41, 5.74) is 6.64. The fraction of sp³-hybridized carbons (Fsp3) is 0.630. The lowest BCUT2D eigenvalue weighted by atomic mass is 9.82. The molecule has 1 saturated carbocycles. The van der Waals surface area contributed by atoms with Crippen molar-refractivity contribution in [1.82, 2.24) is 10.9 Å². The smallest absolute Gasteiger partial charge is 0.310 e. The zero-order chi connectivity index (χ0) is 23.6. The third-order valence-electron chi connectivity index (χ3n) is 5.76. The first-order valence-electron chi connectivity index (χ1n) is 12.2. The fourth-order valence-electron chi connectivity index (χ4n) is 4.19. The summed E-state index contributed by atoms with van der Waals surface area (Å²) in [6.07, 6.45) is 10.9. The van der Waals surface area contributed by atoms with Crippen LogP contribution in [0.2, 0.25) is 0 Å². The first kappa shape index (κ1) is 26.1. The van der Waals surface area contributed by atoms with Crippen molar-refractivity contribution in [1.29, 1.82) is 0 Å². The molecule has 2 N–H and O–H groups in total. The summed E-state index contributed by atoms with van der Waals surface area (Å²) < 4.78 is 5.74. The van der Waals surface area contributed by atoms with E-state index in [-0.39, 0.29) is 17.8 Å². The maximum atomic E-state index is 13.3. The van der Waals surface area contributed by atoms with Crippen LogP contribution in [0.25, 0.3) is 6.08 Å². The van der Waals surface area contributed by atoms with Gasteiger partial charge in [0.2, 0.25) is 5.91 Å². The monoisotopic (exact) mass is 442 g/mol. The third-order valence-corrected chi connectivity index (χ3v) is 5.76. The van der Waals surface area contributed by atoms with E-state index in [1.54, 1.807) is 0 Å². The highest BCUT2D eigenvalue weighted by Gasteiger charge is 2.36. The van der Waals surface area contributed by atoms with Crippen LogP contribution in [0, 0.1) is 17.8 Å². The van der Waals surface area contributed by atoms with E-state index in [2.05, 4.69) is 24.7 Å². The van der Waals surface area contributed by atoms with Crippen LogP contribution in [0.5, 0.6) is 0 Å². The van der Waals surface area contributed by atoms with Crippen LogP contribution in [-0.4, -0.2) is 23.5 Å². The molecule has 1 amide bonds. The Bertz CT molecular complexity index is 731. The predicted molar refractivity (Wildman–Crippen MR) is 131 cm³/mol. The molecule has 32 heavy (non-hydrogen) atoms. The van der Waals surface area contributed by atoms with Gasteiger partial charge in [-0.3, -0.25) is 15.0 Å². The summed E-state index contributed by atoms with van der Waals surface area (Å²) in [4.78, 5) is 26.4. The van der Waals surface area contributed by atoms with Gasteiger partial charge in [-0.05, 0) is 57.9 Å². The second-order valence-corrected chi connectivity index (χ2v) is 10.4. The molecule has 178 valence electrons. The molecule has 0 radical (unpaired) electrons. The van der Waals surface area contributed by atoms with Gasteiger partial charge in [0.25, 0.3) is 0 Å². The maximum Gasteiger partial charge on any atom is 0.310 e. The first-order chi connectivity index (χ1) is 15.2. The van der Waals surface area contributed by atoms with Gasteiger partial charge in [-0.15, -0.1) is 0 Å². The standard InChI is InChI=1S/C27H42N2O3/c1-20(2)19-24(25(30)29-28-22-16-10-7-11-17-22)23(26(31)32-27(3,4)5)18-12-15-21-13-8-6-9-14-21/h6,8-9,12-15,20,22-24,28H,7,10-11,16-19H2,1-5H3,(H,29,30)/b15-12+/t23-,24+/m0/s1. The number of amides is 1. The molecule has 2 rings (SSSR count). The lowest BCUT2D eigenvalue weighted by Crippen LogP contribution is -2.50. The van der Waals surface area contributed by atoms with E-state index in [0.29, 0.717) is 18.9 Å². The van der Waals surface area contributed by atoms with Gasteiger partial charge in [0.15, 0.2) is 0 Å². The van der Waals surface area contributed by atoms with Crippen molar-refractivity contribution in [2.75, 3.05) is 0 Å². The molecule has 0 bridgehead atoms. The number of benzene rings is 1. The van der Waals surface area contributed by atoms with Gasteiger partial charge in [0, 0.05) is 6.04 Å². The lowest BCUT2D eigenvalue weighted by molar-refractivity contribution is -0.164. The van der Waals surface area contributed by atoms with E-state index in [0.717, 1.165) is 18.4 Å². The van der Waals surface area contributed by atoms with E-state index in [1.165, 1.54) is 19.3 Å². The van der Waals surface area contributed by atoms with Crippen LogP contribution in [-0.2, 0) is 14.3 Å². The minimum absolute atomic E-state index is 0.117. The van der Waals surface area contributed by atoms with Crippen LogP contribution in [0.1, 0.15) is 85.1 Å². The van der Waals surface area contributed by atoms with Crippen molar-refractivity contribution in [2.24, 2.45) is 17.8 Å². The minimum Gasteiger partial charge on any atom is -0.460 e. The highest BCUT2D eigenvalue weighted by molar-refractivity contribution is 5.85. The number of carbonyl (C=O) groups excluding carboxylic acids is 2. The molecule has 5 nitrogen and oxygen atoms in total. The number of hydrogen-bond donors (Lipinski definition) is 2. The molecule has 0 heterocycles. The quantitative estimate of drug-likeness (QED) is 0.362. The van der Waals surface area contributed by atoms with Crippen LogP contribution >= 0.6 is 0 Å². The Morgan fingerprint density at radius 2 is 1.72 bits per heavy atom. The van der Waals surface area contributed by atoms with Gasteiger partial charge in [0.1, 0.15) is 5.60 Å². The van der Waals surface area contributed by atoms with E-state index >= 15 is 0 Å². The molecule has 5 heteroatoms. The topological polar surface area (TPSA) is 67.4 Å². The van der Waals surface area contributed by atoms with Crippen molar-refractivity contribution in [2.45, 2.75) is 91.2 Å². The Kier molecular flexibility index (Phi) is 10.4. The third kappa shape index (κ3) is 9.56. The SMILES string of the molecule is CC(C)C[C@@H](C(=O)NNC1CCCCC1)[C@H](C/C=C/c1ccccc1)C(=O)OC(C)(C)C. The van der Waals surface area contributed by atoms with Gasteiger partial charge < -0.3 is 4.74 Å². The molecular weight excluding hydrogens is 400 g/mol. The van der Waals surface area contributed by atoms with Gasteiger partial charge in [-0.25, -0.2) is 5.43 Å². The Hall–Kier alpha value is -2.14. The summed E-state index contributed by atoms with van der Waals surface area (Å²) in [5.74, 6) is -1.14. The molecule has 1 aromatic rings. The fourth-order valence-corrected chi connectivity index (χ4v) is 4.19. The van der Waals surface area contributed by atoms with Crippen molar-refractivity contribution < 1.29 is 14.3 Å². The number of hydrogen-bond acceptors (Lipinski definition) is 4. The number of allylic oxidation sites excluding steroid dienone is 1. The van der Waals surface area contributed by atoms with Crippen LogP contribution in [0.4, 0.5) is 0 Å². The molecule has 1 aliphatic rings. The molecule has 0 spiro atoms. The molecule has 0 saturated heterocycles. The van der Waals surface area contributed by atoms with Gasteiger partial charge in [-0.1, -0.05) is 75.6 Å². The van der Waals surface area contributed by atoms with Crippen LogP contribution in [0.15, 0.2) is 36.4 Å². The average Bonchev–Trinajstić information content (AvgIpc) is 2.74. The largest absolute Gasteiger partial charge is 0.460 e. The molecule has 2 atom stereocenters. The summed E-state index contributed by atoms with van der Waals surface area (Å²) in [6.45, 7) is 9.76. The predicted octanol–water partition coefficient (Wildman–Crippen LogP) is 5.66. The summed E-state index contributed by atoms with van der Waals surface area (Å²) in [5, 5.41) is 0. The van der Waals surface area contributed by atoms with Crippen molar-refractivity contribution in [3.8, 4) is 0 Å². The lowest BCUT2D eigenvalue weighted by Gasteiger charge is -2.30. The van der Waals surface area contributed by atoms with E-state index in [1.807, 2.05) is 63.3 Å². The molecule has 1 aromatic carbocycles. The number of carbonyl (C=O) groups is 2. The Labute approximate surface area is 194 Å². The number of esters is 1. The summed E-state index contributed by atoms with van der Waals surface area (Å²) in [7, 11) is 0. The number of nitrogens with one attached hydrogen (secondary N) is 2. The van der Waals surface area contributed by atoms with Crippen molar-refractivity contribution >= 4 is 18.0 Å². The zero-order valence-corrected chi connectivity index (χ0v) is 20.5. The zero-order valence-electron chi connectivity index (χ0n) is 20.5. The second-order valence-electron chi connectivity index (χ2n) is 10.4. The van der Waals surface area contributed by atoms with Gasteiger partial charge >= 0.3 is 5.97 Å². The molecule has 1 aliphatic carbocycles. The maximum absolute atomic E-state index is 13.3. The highest BCUT2D eigenvalue weighted by atomic mass is 16.6.